The quantitative estimate of drug-likeness (QED) is 0.735. The first-order valence-corrected chi connectivity index (χ1v) is 6.72. The van der Waals surface area contributed by atoms with Gasteiger partial charge >= 0.3 is 0 Å². The van der Waals surface area contributed by atoms with Crippen molar-refractivity contribution >= 4 is 0 Å². The van der Waals surface area contributed by atoms with Crippen molar-refractivity contribution in [2.24, 2.45) is 0 Å². The van der Waals surface area contributed by atoms with Crippen molar-refractivity contribution in [1.29, 1.82) is 0 Å². The van der Waals surface area contributed by atoms with Crippen LogP contribution >= 0.6 is 0 Å². The molecule has 0 radical (unpaired) electrons. The maximum absolute atomic E-state index is 5.66. The molecule has 2 rings (SSSR count). The fraction of sp³-hybridized carbons (Fsp3) is 0.769. The van der Waals surface area contributed by atoms with E-state index >= 15 is 0 Å². The van der Waals surface area contributed by atoms with Crippen LogP contribution < -0.4 is 5.32 Å². The third-order valence-electron chi connectivity index (χ3n) is 3.29. The third-order valence-corrected chi connectivity index (χ3v) is 3.29. The molecule has 1 atom stereocenters. The summed E-state index contributed by atoms with van der Waals surface area (Å²) < 4.78 is 7.75. The van der Waals surface area contributed by atoms with Gasteiger partial charge in [-0.3, -0.25) is 0 Å². The first-order valence-electron chi connectivity index (χ1n) is 6.72. The van der Waals surface area contributed by atoms with Gasteiger partial charge in [-0.1, -0.05) is 6.42 Å². The molecule has 1 saturated heterocycles. The van der Waals surface area contributed by atoms with Crippen LogP contribution in [0.5, 0.6) is 0 Å². The number of piperidine rings is 1. The zero-order valence-corrected chi connectivity index (χ0v) is 10.5. The maximum atomic E-state index is 5.66. The summed E-state index contributed by atoms with van der Waals surface area (Å²) in [6, 6.07) is 0.692. The van der Waals surface area contributed by atoms with Crippen molar-refractivity contribution < 1.29 is 4.74 Å². The molecule has 4 heteroatoms. The lowest BCUT2D eigenvalue weighted by molar-refractivity contribution is 0.116. The van der Waals surface area contributed by atoms with Crippen LogP contribution in [0.1, 0.15) is 32.1 Å². The molecule has 0 aromatic carbocycles. The van der Waals surface area contributed by atoms with Crippen molar-refractivity contribution in [1.82, 2.24) is 14.9 Å². The molecule has 96 valence electrons. The van der Waals surface area contributed by atoms with Crippen LogP contribution in [0.2, 0.25) is 0 Å². The van der Waals surface area contributed by atoms with E-state index in [1.165, 1.54) is 25.8 Å². The molecule has 1 aliphatic rings. The average Bonchev–Trinajstić information content (AvgIpc) is 2.88. The van der Waals surface area contributed by atoms with Gasteiger partial charge in [-0.2, -0.15) is 0 Å². The normalized spacial score (nSPS) is 20.6. The number of nitrogens with one attached hydrogen (secondary N) is 1. The summed E-state index contributed by atoms with van der Waals surface area (Å²) in [5, 5.41) is 3.54. The van der Waals surface area contributed by atoms with Gasteiger partial charge < -0.3 is 14.6 Å². The number of ether oxygens (including phenoxy) is 1. The van der Waals surface area contributed by atoms with Crippen molar-refractivity contribution in [3.63, 3.8) is 0 Å². The van der Waals surface area contributed by atoms with E-state index in [9.17, 15) is 0 Å². The van der Waals surface area contributed by atoms with Crippen molar-refractivity contribution in [3.8, 4) is 0 Å². The molecule has 1 unspecified atom stereocenters. The average molecular weight is 237 g/mol. The maximum Gasteiger partial charge on any atom is 0.0945 e. The molecule has 0 aliphatic carbocycles. The second-order valence-electron chi connectivity index (χ2n) is 4.70. The minimum atomic E-state index is 0.692. The Bertz CT molecular complexity index is 281. The van der Waals surface area contributed by atoms with Gasteiger partial charge in [0.05, 0.1) is 6.33 Å². The molecular weight excluding hydrogens is 214 g/mol. The van der Waals surface area contributed by atoms with Crippen LogP contribution in [-0.4, -0.2) is 35.4 Å². The second-order valence-corrected chi connectivity index (χ2v) is 4.70. The molecule has 1 aliphatic heterocycles. The van der Waals surface area contributed by atoms with E-state index in [4.69, 9.17) is 4.74 Å². The summed E-state index contributed by atoms with van der Waals surface area (Å²) in [5.74, 6) is 0. The van der Waals surface area contributed by atoms with Crippen molar-refractivity contribution in [2.75, 3.05) is 19.8 Å². The Labute approximate surface area is 103 Å². The first kappa shape index (κ1) is 12.6. The van der Waals surface area contributed by atoms with Crippen LogP contribution in [-0.2, 0) is 11.3 Å². The lowest BCUT2D eigenvalue weighted by Gasteiger charge is -2.23. The number of imidazole rings is 1. The van der Waals surface area contributed by atoms with E-state index in [1.54, 1.807) is 0 Å². The molecule has 1 fully saturated rings. The smallest absolute Gasteiger partial charge is 0.0945 e. The van der Waals surface area contributed by atoms with Crippen LogP contribution in [0.15, 0.2) is 18.7 Å². The zero-order valence-electron chi connectivity index (χ0n) is 10.5. The van der Waals surface area contributed by atoms with E-state index < -0.39 is 0 Å². The molecular formula is C13H23N3O. The molecule has 0 amide bonds. The van der Waals surface area contributed by atoms with Gasteiger partial charge in [0.1, 0.15) is 0 Å². The standard InChI is InChI=1S/C13H23N3O/c1-2-6-15-13(4-1)5-11-17-10-3-8-16-9-7-14-12-16/h7,9,12-13,15H,1-6,8,10-11H2. The largest absolute Gasteiger partial charge is 0.381 e. The highest BCUT2D eigenvalue weighted by molar-refractivity contribution is 4.73. The van der Waals surface area contributed by atoms with E-state index in [2.05, 4.69) is 14.9 Å². The van der Waals surface area contributed by atoms with E-state index in [0.717, 1.165) is 32.6 Å². The zero-order chi connectivity index (χ0) is 11.8. The number of aromatic nitrogens is 2. The number of rotatable bonds is 7. The summed E-state index contributed by atoms with van der Waals surface area (Å²) in [6.45, 7) is 3.93. The molecule has 4 nitrogen and oxygen atoms in total. The van der Waals surface area contributed by atoms with Crippen molar-refractivity contribution in [3.05, 3.63) is 18.7 Å². The molecule has 17 heavy (non-hydrogen) atoms. The molecule has 0 spiro atoms. The summed E-state index contributed by atoms with van der Waals surface area (Å²) in [7, 11) is 0. The van der Waals surface area contributed by atoms with Gasteiger partial charge in [-0.05, 0) is 32.2 Å². The minimum Gasteiger partial charge on any atom is -0.381 e. The Balaban J connectivity index is 1.43. The Morgan fingerprint density at radius 3 is 3.12 bits per heavy atom. The lowest BCUT2D eigenvalue weighted by atomic mass is 10.0. The van der Waals surface area contributed by atoms with Gasteiger partial charge in [-0.25, -0.2) is 4.98 Å². The van der Waals surface area contributed by atoms with Crippen molar-refractivity contribution in [2.45, 2.75) is 44.7 Å². The topological polar surface area (TPSA) is 39.1 Å². The van der Waals surface area contributed by atoms with E-state index in [-0.39, 0.29) is 0 Å². The third kappa shape index (κ3) is 4.88. The van der Waals surface area contributed by atoms with Gasteiger partial charge in [0.15, 0.2) is 0 Å². The summed E-state index contributed by atoms with van der Waals surface area (Å²) >= 11 is 0. The Kier molecular flexibility index (Phi) is 5.52. The van der Waals surface area contributed by atoms with Crippen LogP contribution in [0.25, 0.3) is 0 Å². The molecule has 0 bridgehead atoms. The Morgan fingerprint density at radius 1 is 1.35 bits per heavy atom. The predicted octanol–water partition coefficient (Wildman–Crippen LogP) is 1.82. The first-order chi connectivity index (χ1) is 8.45. The molecule has 2 heterocycles. The summed E-state index contributed by atoms with van der Waals surface area (Å²) in [4.78, 5) is 4.01. The fourth-order valence-corrected chi connectivity index (χ4v) is 2.27. The van der Waals surface area contributed by atoms with Crippen LogP contribution in [0, 0.1) is 0 Å². The summed E-state index contributed by atoms with van der Waals surface area (Å²) in [6.07, 6.45) is 11.9. The highest BCUT2D eigenvalue weighted by Gasteiger charge is 2.11. The van der Waals surface area contributed by atoms with Gasteiger partial charge in [0, 0.05) is 38.2 Å². The van der Waals surface area contributed by atoms with Gasteiger partial charge in [-0.15, -0.1) is 0 Å². The van der Waals surface area contributed by atoms with Crippen LogP contribution in [0.4, 0.5) is 0 Å². The fourth-order valence-electron chi connectivity index (χ4n) is 2.27. The molecule has 1 N–H and O–H groups in total. The van der Waals surface area contributed by atoms with E-state index in [0.29, 0.717) is 6.04 Å². The number of aryl methyl sites for hydroxylation is 1. The number of nitrogens with zero attached hydrogens (tertiary/aromatic N) is 2. The number of hydrogen-bond donors (Lipinski definition) is 1. The SMILES string of the molecule is c1cn(CCCOCCC2CCCCN2)cn1. The monoisotopic (exact) mass is 237 g/mol. The molecule has 0 saturated carbocycles. The van der Waals surface area contributed by atoms with Gasteiger partial charge in [0.25, 0.3) is 0 Å². The highest BCUT2D eigenvalue weighted by atomic mass is 16.5. The number of hydrogen-bond acceptors (Lipinski definition) is 3. The predicted molar refractivity (Wildman–Crippen MR) is 67.9 cm³/mol. The molecule has 1 aromatic rings. The van der Waals surface area contributed by atoms with Crippen LogP contribution in [0.3, 0.4) is 0 Å². The van der Waals surface area contributed by atoms with E-state index in [1.807, 2.05) is 18.7 Å². The highest BCUT2D eigenvalue weighted by Crippen LogP contribution is 2.09. The molecule has 1 aromatic heterocycles. The second kappa shape index (κ2) is 7.45. The lowest BCUT2D eigenvalue weighted by Crippen LogP contribution is -2.34. The summed E-state index contributed by atoms with van der Waals surface area (Å²) in [5.41, 5.74) is 0. The minimum absolute atomic E-state index is 0.692. The Hall–Kier alpha value is -0.870. The van der Waals surface area contributed by atoms with Gasteiger partial charge in [0.2, 0.25) is 0 Å². The Morgan fingerprint density at radius 2 is 2.35 bits per heavy atom.